The standard InChI is InChI=1S/C10H14O4S/c1-10(2,13)6-15-5-7-3-4-8(14-7)9(11)12/h3-4,13H,5-6H2,1-2H3,(H,11,12). The number of carbonyl (C=O) groups is 1. The molecule has 5 heteroatoms. The van der Waals surface area contributed by atoms with E-state index in [0.717, 1.165) is 0 Å². The van der Waals surface area contributed by atoms with Crippen molar-refractivity contribution in [1.82, 2.24) is 0 Å². The average molecular weight is 230 g/mol. The van der Waals surface area contributed by atoms with Crippen LogP contribution in [0.5, 0.6) is 0 Å². The molecule has 0 fully saturated rings. The number of carboxylic acids is 1. The molecule has 15 heavy (non-hydrogen) atoms. The Labute approximate surface area is 92.3 Å². The minimum absolute atomic E-state index is 0.0474. The summed E-state index contributed by atoms with van der Waals surface area (Å²) in [6, 6.07) is 3.07. The topological polar surface area (TPSA) is 70.7 Å². The molecule has 0 aliphatic heterocycles. The lowest BCUT2D eigenvalue weighted by molar-refractivity contribution is 0.0660. The monoisotopic (exact) mass is 230 g/mol. The normalized spacial score (nSPS) is 11.7. The van der Waals surface area contributed by atoms with Gasteiger partial charge in [0.1, 0.15) is 5.76 Å². The second kappa shape index (κ2) is 4.72. The van der Waals surface area contributed by atoms with E-state index in [0.29, 0.717) is 17.3 Å². The third kappa shape index (κ3) is 4.40. The molecule has 0 spiro atoms. The van der Waals surface area contributed by atoms with E-state index >= 15 is 0 Å². The fourth-order valence-electron chi connectivity index (χ4n) is 0.972. The Balaban J connectivity index is 2.41. The van der Waals surface area contributed by atoms with Gasteiger partial charge in [0.15, 0.2) is 0 Å². The predicted molar refractivity (Wildman–Crippen MR) is 58.1 cm³/mol. The Morgan fingerprint density at radius 2 is 2.20 bits per heavy atom. The van der Waals surface area contributed by atoms with Gasteiger partial charge in [-0.15, -0.1) is 0 Å². The Hall–Kier alpha value is -0.940. The summed E-state index contributed by atoms with van der Waals surface area (Å²) in [7, 11) is 0. The fraction of sp³-hybridized carbons (Fsp3) is 0.500. The van der Waals surface area contributed by atoms with Gasteiger partial charge >= 0.3 is 5.97 Å². The summed E-state index contributed by atoms with van der Waals surface area (Å²) in [5.41, 5.74) is -0.715. The van der Waals surface area contributed by atoms with Crippen molar-refractivity contribution in [3.05, 3.63) is 23.7 Å². The molecule has 0 saturated heterocycles. The maximum Gasteiger partial charge on any atom is 0.371 e. The molecule has 1 aromatic heterocycles. The molecule has 2 N–H and O–H groups in total. The van der Waals surface area contributed by atoms with Gasteiger partial charge in [0, 0.05) is 5.75 Å². The van der Waals surface area contributed by atoms with Gasteiger partial charge in [-0.2, -0.15) is 11.8 Å². The van der Waals surface area contributed by atoms with E-state index in [-0.39, 0.29) is 5.76 Å². The van der Waals surface area contributed by atoms with Crippen LogP contribution in [-0.4, -0.2) is 27.5 Å². The highest BCUT2D eigenvalue weighted by molar-refractivity contribution is 7.98. The first-order valence-electron chi connectivity index (χ1n) is 4.50. The molecule has 0 amide bonds. The fourth-order valence-corrected chi connectivity index (χ4v) is 1.93. The van der Waals surface area contributed by atoms with Crippen LogP contribution in [-0.2, 0) is 5.75 Å². The van der Waals surface area contributed by atoms with E-state index in [2.05, 4.69) is 0 Å². The van der Waals surface area contributed by atoms with Crippen LogP contribution >= 0.6 is 11.8 Å². The molecule has 0 aliphatic rings. The first-order chi connectivity index (χ1) is 6.88. The van der Waals surface area contributed by atoms with Crippen LogP contribution in [0.2, 0.25) is 0 Å². The molecule has 0 radical (unpaired) electrons. The van der Waals surface area contributed by atoms with Gasteiger partial charge in [0.2, 0.25) is 5.76 Å². The maximum absolute atomic E-state index is 10.5. The van der Waals surface area contributed by atoms with Crippen molar-refractivity contribution < 1.29 is 19.4 Å². The maximum atomic E-state index is 10.5. The summed E-state index contributed by atoms with van der Waals surface area (Å²) in [5, 5.41) is 18.1. The van der Waals surface area contributed by atoms with Crippen molar-refractivity contribution in [1.29, 1.82) is 0 Å². The van der Waals surface area contributed by atoms with Gasteiger partial charge in [0.25, 0.3) is 0 Å². The van der Waals surface area contributed by atoms with Gasteiger partial charge in [-0.1, -0.05) is 0 Å². The quantitative estimate of drug-likeness (QED) is 0.809. The highest BCUT2D eigenvalue weighted by Crippen LogP contribution is 2.19. The molecular formula is C10H14O4S. The number of hydrogen-bond donors (Lipinski definition) is 2. The van der Waals surface area contributed by atoms with E-state index in [9.17, 15) is 9.90 Å². The van der Waals surface area contributed by atoms with E-state index in [4.69, 9.17) is 9.52 Å². The number of hydrogen-bond acceptors (Lipinski definition) is 4. The predicted octanol–water partition coefficient (Wildman–Crippen LogP) is 1.98. The first kappa shape index (κ1) is 12.1. The van der Waals surface area contributed by atoms with Gasteiger partial charge in [0.05, 0.1) is 11.4 Å². The number of carboxylic acid groups (broad SMARTS) is 1. The van der Waals surface area contributed by atoms with Gasteiger partial charge in [-0.3, -0.25) is 0 Å². The van der Waals surface area contributed by atoms with Crippen LogP contribution in [0.3, 0.4) is 0 Å². The van der Waals surface area contributed by atoms with Crippen molar-refractivity contribution in [2.45, 2.75) is 25.2 Å². The largest absolute Gasteiger partial charge is 0.475 e. The van der Waals surface area contributed by atoms with Crippen LogP contribution in [0, 0.1) is 0 Å². The van der Waals surface area contributed by atoms with Crippen molar-refractivity contribution in [3.63, 3.8) is 0 Å². The first-order valence-corrected chi connectivity index (χ1v) is 5.66. The Kier molecular flexibility index (Phi) is 3.82. The second-order valence-electron chi connectivity index (χ2n) is 3.88. The number of aliphatic hydroxyl groups is 1. The molecule has 0 aliphatic carbocycles. The molecule has 1 rings (SSSR count). The van der Waals surface area contributed by atoms with Crippen LogP contribution in [0.4, 0.5) is 0 Å². The van der Waals surface area contributed by atoms with Gasteiger partial charge < -0.3 is 14.6 Å². The smallest absolute Gasteiger partial charge is 0.371 e. The van der Waals surface area contributed by atoms with Crippen molar-refractivity contribution in [3.8, 4) is 0 Å². The van der Waals surface area contributed by atoms with Crippen LogP contribution < -0.4 is 0 Å². The zero-order valence-corrected chi connectivity index (χ0v) is 9.50. The zero-order valence-electron chi connectivity index (χ0n) is 8.69. The highest BCUT2D eigenvalue weighted by Gasteiger charge is 2.13. The molecule has 0 bridgehead atoms. The summed E-state index contributed by atoms with van der Waals surface area (Å²) >= 11 is 1.50. The molecule has 0 unspecified atom stereocenters. The lowest BCUT2D eigenvalue weighted by Crippen LogP contribution is -2.21. The summed E-state index contributed by atoms with van der Waals surface area (Å²) in [5.74, 6) is 0.650. The van der Waals surface area contributed by atoms with Crippen molar-refractivity contribution >= 4 is 17.7 Å². The summed E-state index contributed by atoms with van der Waals surface area (Å²) in [6.45, 7) is 3.45. The van der Waals surface area contributed by atoms with Crippen molar-refractivity contribution in [2.24, 2.45) is 0 Å². The van der Waals surface area contributed by atoms with Crippen molar-refractivity contribution in [2.75, 3.05) is 5.75 Å². The van der Waals surface area contributed by atoms with Crippen LogP contribution in [0.15, 0.2) is 16.5 Å². The summed E-state index contributed by atoms with van der Waals surface area (Å²) in [4.78, 5) is 10.5. The van der Waals surface area contributed by atoms with E-state index in [1.807, 2.05) is 0 Å². The second-order valence-corrected chi connectivity index (χ2v) is 4.86. The van der Waals surface area contributed by atoms with Crippen LogP contribution in [0.25, 0.3) is 0 Å². The number of furan rings is 1. The third-order valence-corrected chi connectivity index (χ3v) is 2.97. The van der Waals surface area contributed by atoms with Gasteiger partial charge in [-0.05, 0) is 26.0 Å². The molecule has 4 nitrogen and oxygen atoms in total. The SMILES string of the molecule is CC(C)(O)CSCc1ccc(C(=O)O)o1. The summed E-state index contributed by atoms with van der Waals surface area (Å²) in [6.07, 6.45) is 0. The minimum Gasteiger partial charge on any atom is -0.475 e. The molecule has 1 aromatic rings. The molecular weight excluding hydrogens is 216 g/mol. The van der Waals surface area contributed by atoms with E-state index in [1.165, 1.54) is 17.8 Å². The zero-order chi connectivity index (χ0) is 11.5. The van der Waals surface area contributed by atoms with E-state index in [1.54, 1.807) is 19.9 Å². The third-order valence-electron chi connectivity index (χ3n) is 1.57. The Bertz CT molecular complexity index is 337. The molecule has 84 valence electrons. The van der Waals surface area contributed by atoms with E-state index < -0.39 is 11.6 Å². The highest BCUT2D eigenvalue weighted by atomic mass is 32.2. The average Bonchev–Trinajstić information content (AvgIpc) is 2.50. The van der Waals surface area contributed by atoms with Gasteiger partial charge in [-0.25, -0.2) is 4.79 Å². The number of aromatic carboxylic acids is 1. The number of thioether (sulfide) groups is 1. The molecule has 1 heterocycles. The van der Waals surface area contributed by atoms with Crippen LogP contribution in [0.1, 0.15) is 30.2 Å². The summed E-state index contributed by atoms with van der Waals surface area (Å²) < 4.78 is 5.06. The molecule has 0 saturated carbocycles. The molecule has 0 atom stereocenters. The Morgan fingerprint density at radius 1 is 1.53 bits per heavy atom. The lowest BCUT2D eigenvalue weighted by atomic mass is 10.2. The minimum atomic E-state index is -1.06. The molecule has 0 aromatic carbocycles. The Morgan fingerprint density at radius 3 is 2.67 bits per heavy atom. The number of rotatable bonds is 5. The lowest BCUT2D eigenvalue weighted by Gasteiger charge is -2.15.